The maximum absolute atomic E-state index is 11.4. The summed E-state index contributed by atoms with van der Waals surface area (Å²) in [5.74, 6) is 0.469. The molecule has 0 aliphatic carbocycles. The van der Waals surface area contributed by atoms with Crippen LogP contribution in [0.15, 0.2) is 12.4 Å². The molecule has 130 valence electrons. The molecule has 2 heterocycles. The van der Waals surface area contributed by atoms with Gasteiger partial charge in [-0.15, -0.1) is 5.10 Å². The van der Waals surface area contributed by atoms with Gasteiger partial charge in [0.1, 0.15) is 0 Å². The second-order valence-corrected chi connectivity index (χ2v) is 7.37. The molecular formula is C16H29N5O2. The highest BCUT2D eigenvalue weighted by atomic mass is 16.4. The third-order valence-corrected chi connectivity index (χ3v) is 4.52. The molecule has 1 aromatic heterocycles. The fourth-order valence-corrected chi connectivity index (χ4v) is 3.10. The van der Waals surface area contributed by atoms with E-state index in [4.69, 9.17) is 0 Å². The highest BCUT2D eigenvalue weighted by molar-refractivity contribution is 5.66. The Morgan fingerprint density at radius 3 is 2.52 bits per heavy atom. The lowest BCUT2D eigenvalue weighted by molar-refractivity contribution is 0.0739. The van der Waals surface area contributed by atoms with Crippen molar-refractivity contribution in [3.8, 4) is 0 Å². The van der Waals surface area contributed by atoms with Crippen LogP contribution >= 0.6 is 0 Å². The van der Waals surface area contributed by atoms with Crippen LogP contribution < -0.4 is 0 Å². The summed E-state index contributed by atoms with van der Waals surface area (Å²) in [5.41, 5.74) is -0.333. The number of piperidine rings is 1. The van der Waals surface area contributed by atoms with E-state index in [0.29, 0.717) is 12.5 Å². The van der Waals surface area contributed by atoms with Crippen molar-refractivity contribution in [2.75, 3.05) is 26.2 Å². The Hall–Kier alpha value is -1.63. The fourth-order valence-electron chi connectivity index (χ4n) is 3.10. The molecule has 0 bridgehead atoms. The van der Waals surface area contributed by atoms with Crippen molar-refractivity contribution in [1.29, 1.82) is 0 Å². The predicted molar refractivity (Wildman–Crippen MR) is 88.3 cm³/mol. The van der Waals surface area contributed by atoms with E-state index in [2.05, 4.69) is 15.2 Å². The Bertz CT molecular complexity index is 475. The van der Waals surface area contributed by atoms with Gasteiger partial charge in [-0.05, 0) is 65.6 Å². The third-order valence-electron chi connectivity index (χ3n) is 4.52. The van der Waals surface area contributed by atoms with E-state index in [1.807, 2.05) is 31.6 Å². The molecule has 1 saturated heterocycles. The van der Waals surface area contributed by atoms with Crippen LogP contribution in [0, 0.1) is 5.92 Å². The first-order chi connectivity index (χ1) is 10.9. The lowest BCUT2D eigenvalue weighted by Crippen LogP contribution is -2.49. The largest absolute Gasteiger partial charge is 0.465 e. The second kappa shape index (κ2) is 7.77. The number of aryl methyl sites for hydroxylation is 1. The van der Waals surface area contributed by atoms with Gasteiger partial charge in [0, 0.05) is 24.8 Å². The van der Waals surface area contributed by atoms with Crippen molar-refractivity contribution in [3.63, 3.8) is 0 Å². The Kier molecular flexibility index (Phi) is 5.98. The van der Waals surface area contributed by atoms with Crippen LogP contribution in [0.25, 0.3) is 0 Å². The van der Waals surface area contributed by atoms with Gasteiger partial charge in [-0.1, -0.05) is 5.21 Å². The van der Waals surface area contributed by atoms with E-state index in [9.17, 15) is 9.90 Å². The Morgan fingerprint density at radius 2 is 2.00 bits per heavy atom. The molecule has 1 N–H and O–H groups in total. The zero-order chi connectivity index (χ0) is 16.9. The molecule has 23 heavy (non-hydrogen) atoms. The monoisotopic (exact) mass is 323 g/mol. The molecule has 0 aromatic carbocycles. The normalized spacial score (nSPS) is 17.3. The van der Waals surface area contributed by atoms with Crippen LogP contribution in [-0.2, 0) is 6.54 Å². The number of hydrogen-bond donors (Lipinski definition) is 1. The summed E-state index contributed by atoms with van der Waals surface area (Å²) in [4.78, 5) is 15.5. The summed E-state index contributed by atoms with van der Waals surface area (Å²) in [7, 11) is 0. The number of carboxylic acid groups (broad SMARTS) is 1. The van der Waals surface area contributed by atoms with Crippen LogP contribution in [0.4, 0.5) is 4.79 Å². The van der Waals surface area contributed by atoms with Crippen molar-refractivity contribution >= 4 is 6.09 Å². The number of aromatic nitrogens is 3. The van der Waals surface area contributed by atoms with E-state index in [0.717, 1.165) is 45.4 Å². The molecule has 0 radical (unpaired) electrons. The standard InChI is InChI=1S/C16H29N5O2/c1-16(2,3)21(15(22)23)13-14-5-10-19(11-6-14)8-4-9-20-12-7-17-18-20/h7,12,14H,4-6,8-11,13H2,1-3H3,(H,22,23). The molecule has 1 aliphatic rings. The van der Waals surface area contributed by atoms with Crippen LogP contribution in [-0.4, -0.2) is 67.7 Å². The van der Waals surface area contributed by atoms with Gasteiger partial charge in [0.2, 0.25) is 0 Å². The van der Waals surface area contributed by atoms with Crippen molar-refractivity contribution in [2.24, 2.45) is 5.92 Å². The summed E-state index contributed by atoms with van der Waals surface area (Å²) >= 11 is 0. The summed E-state index contributed by atoms with van der Waals surface area (Å²) in [6.07, 6.45) is 5.99. The summed E-state index contributed by atoms with van der Waals surface area (Å²) in [6, 6.07) is 0. The van der Waals surface area contributed by atoms with Crippen LogP contribution in [0.2, 0.25) is 0 Å². The van der Waals surface area contributed by atoms with Crippen molar-refractivity contribution in [3.05, 3.63) is 12.4 Å². The van der Waals surface area contributed by atoms with Gasteiger partial charge in [0.25, 0.3) is 0 Å². The molecular weight excluding hydrogens is 294 g/mol. The molecule has 0 spiro atoms. The van der Waals surface area contributed by atoms with Crippen molar-refractivity contribution in [1.82, 2.24) is 24.8 Å². The Balaban J connectivity index is 1.70. The summed E-state index contributed by atoms with van der Waals surface area (Å²) in [6.45, 7) is 10.6. The highest BCUT2D eigenvalue weighted by Gasteiger charge is 2.30. The Labute approximate surface area is 138 Å². The maximum Gasteiger partial charge on any atom is 0.407 e. The lowest BCUT2D eigenvalue weighted by Gasteiger charge is -2.39. The van der Waals surface area contributed by atoms with Gasteiger partial charge in [-0.2, -0.15) is 0 Å². The van der Waals surface area contributed by atoms with Gasteiger partial charge in [0.15, 0.2) is 0 Å². The average Bonchev–Trinajstić information content (AvgIpc) is 2.98. The third kappa shape index (κ3) is 5.49. The van der Waals surface area contributed by atoms with Gasteiger partial charge in [-0.25, -0.2) is 4.79 Å². The van der Waals surface area contributed by atoms with Crippen molar-refractivity contribution < 1.29 is 9.90 Å². The van der Waals surface area contributed by atoms with E-state index >= 15 is 0 Å². The molecule has 2 rings (SSSR count). The van der Waals surface area contributed by atoms with Crippen LogP contribution in [0.3, 0.4) is 0 Å². The van der Waals surface area contributed by atoms with E-state index in [1.54, 1.807) is 11.1 Å². The molecule has 0 atom stereocenters. The first kappa shape index (κ1) is 17.7. The van der Waals surface area contributed by atoms with Gasteiger partial charge >= 0.3 is 6.09 Å². The fraction of sp³-hybridized carbons (Fsp3) is 0.812. The lowest BCUT2D eigenvalue weighted by atomic mass is 9.94. The van der Waals surface area contributed by atoms with E-state index in [-0.39, 0.29) is 5.54 Å². The number of hydrogen-bond acceptors (Lipinski definition) is 4. The molecule has 7 nitrogen and oxygen atoms in total. The molecule has 1 amide bonds. The minimum atomic E-state index is -0.812. The molecule has 0 unspecified atom stereocenters. The average molecular weight is 323 g/mol. The number of carbonyl (C=O) groups is 1. The molecule has 0 saturated carbocycles. The molecule has 7 heteroatoms. The SMILES string of the molecule is CC(C)(C)N(CC1CCN(CCCn2ccnn2)CC1)C(=O)O. The van der Waals surface area contributed by atoms with E-state index in [1.165, 1.54) is 0 Å². The number of rotatable bonds is 6. The predicted octanol–water partition coefficient (Wildman–Crippen LogP) is 2.16. The summed E-state index contributed by atoms with van der Waals surface area (Å²) in [5, 5.41) is 17.2. The quantitative estimate of drug-likeness (QED) is 0.868. The van der Waals surface area contributed by atoms with Crippen LogP contribution in [0.5, 0.6) is 0 Å². The minimum absolute atomic E-state index is 0.333. The van der Waals surface area contributed by atoms with Crippen molar-refractivity contribution in [2.45, 2.75) is 52.1 Å². The number of amides is 1. The molecule has 1 aromatic rings. The highest BCUT2D eigenvalue weighted by Crippen LogP contribution is 2.23. The zero-order valence-corrected chi connectivity index (χ0v) is 14.5. The zero-order valence-electron chi connectivity index (χ0n) is 14.5. The molecule has 1 aliphatic heterocycles. The van der Waals surface area contributed by atoms with Gasteiger partial charge < -0.3 is 14.9 Å². The second-order valence-electron chi connectivity index (χ2n) is 7.37. The topological polar surface area (TPSA) is 74.5 Å². The van der Waals surface area contributed by atoms with E-state index < -0.39 is 6.09 Å². The minimum Gasteiger partial charge on any atom is -0.465 e. The first-order valence-corrected chi connectivity index (χ1v) is 8.43. The smallest absolute Gasteiger partial charge is 0.407 e. The number of likely N-dealkylation sites (tertiary alicyclic amines) is 1. The Morgan fingerprint density at radius 1 is 1.30 bits per heavy atom. The van der Waals surface area contributed by atoms with Crippen LogP contribution in [0.1, 0.15) is 40.0 Å². The maximum atomic E-state index is 11.4. The number of nitrogens with zero attached hydrogens (tertiary/aromatic N) is 5. The summed E-state index contributed by atoms with van der Waals surface area (Å²) < 4.78 is 1.86. The van der Waals surface area contributed by atoms with Gasteiger partial charge in [0.05, 0.1) is 6.20 Å². The molecule has 1 fully saturated rings. The first-order valence-electron chi connectivity index (χ1n) is 8.43. The van der Waals surface area contributed by atoms with Gasteiger partial charge in [-0.3, -0.25) is 4.68 Å².